The lowest BCUT2D eigenvalue weighted by Gasteiger charge is -2.26. The van der Waals surface area contributed by atoms with Crippen LogP contribution in [0.3, 0.4) is 0 Å². The van der Waals surface area contributed by atoms with Gasteiger partial charge in [-0.2, -0.15) is 0 Å². The molecule has 7 heteroatoms. The van der Waals surface area contributed by atoms with Crippen molar-refractivity contribution >= 4 is 17.5 Å². The van der Waals surface area contributed by atoms with Crippen LogP contribution < -0.4 is 11.1 Å². The van der Waals surface area contributed by atoms with Gasteiger partial charge in [0, 0.05) is 30.0 Å². The highest BCUT2D eigenvalue weighted by atomic mass is 16.2. The first-order chi connectivity index (χ1) is 14.2. The number of nitrogens with one attached hydrogen (secondary N) is 1. The Morgan fingerprint density at radius 3 is 2.72 bits per heavy atom. The van der Waals surface area contributed by atoms with E-state index >= 15 is 0 Å². The number of imidazole rings is 1. The summed E-state index contributed by atoms with van der Waals surface area (Å²) in [6, 6.07) is 17.4. The fraction of sp³-hybridized carbons (Fsp3) is 0.227. The fourth-order valence-electron chi connectivity index (χ4n) is 3.59. The number of aromatic nitrogens is 2. The molecule has 0 radical (unpaired) electrons. The lowest BCUT2D eigenvalue weighted by molar-refractivity contribution is -0.143. The average molecular weight is 389 g/mol. The Morgan fingerprint density at radius 1 is 1.10 bits per heavy atom. The molecule has 7 nitrogen and oxygen atoms in total. The second-order valence-electron chi connectivity index (χ2n) is 7.01. The van der Waals surface area contributed by atoms with Gasteiger partial charge in [0.15, 0.2) is 0 Å². The molecule has 0 saturated carbocycles. The summed E-state index contributed by atoms with van der Waals surface area (Å²) in [7, 11) is 0. The Bertz CT molecular complexity index is 1030. The van der Waals surface area contributed by atoms with Crippen LogP contribution in [0.4, 0.5) is 5.69 Å². The molecule has 148 valence electrons. The molecule has 0 aliphatic carbocycles. The van der Waals surface area contributed by atoms with Crippen molar-refractivity contribution in [2.24, 2.45) is 5.73 Å². The van der Waals surface area contributed by atoms with Crippen LogP contribution in [0.2, 0.25) is 0 Å². The standard InChI is InChI=1S/C22H23N5O2/c23-11-9-16-5-4-6-17(13-16)25-21(28)22(29)26-12-10-20-19(14-26)24-15-27(20)18-7-2-1-3-8-18/h1-8,13,15H,9-12,14,23H2,(H,25,28). The van der Waals surface area contributed by atoms with E-state index in [1.165, 1.54) is 0 Å². The summed E-state index contributed by atoms with van der Waals surface area (Å²) < 4.78 is 2.04. The number of hydrogen-bond donors (Lipinski definition) is 2. The van der Waals surface area contributed by atoms with Crippen molar-refractivity contribution in [3.8, 4) is 5.69 Å². The zero-order valence-corrected chi connectivity index (χ0v) is 16.0. The van der Waals surface area contributed by atoms with Crippen LogP contribution in [0, 0.1) is 0 Å². The van der Waals surface area contributed by atoms with Crippen molar-refractivity contribution in [1.82, 2.24) is 14.5 Å². The minimum Gasteiger partial charge on any atom is -0.330 e. The van der Waals surface area contributed by atoms with E-state index in [2.05, 4.69) is 10.3 Å². The van der Waals surface area contributed by atoms with Crippen LogP contribution in [0.25, 0.3) is 5.69 Å². The Labute approximate surface area is 169 Å². The summed E-state index contributed by atoms with van der Waals surface area (Å²) >= 11 is 0. The highest BCUT2D eigenvalue weighted by Gasteiger charge is 2.28. The predicted molar refractivity (Wildman–Crippen MR) is 111 cm³/mol. The SMILES string of the molecule is NCCc1cccc(NC(=O)C(=O)N2CCc3c(ncn3-c3ccccc3)C2)c1. The first-order valence-corrected chi connectivity index (χ1v) is 9.65. The summed E-state index contributed by atoms with van der Waals surface area (Å²) in [6.45, 7) is 1.34. The summed E-state index contributed by atoms with van der Waals surface area (Å²) in [5.41, 5.74) is 10.1. The molecule has 0 bridgehead atoms. The molecule has 1 aliphatic heterocycles. The number of anilines is 1. The molecule has 2 heterocycles. The first-order valence-electron chi connectivity index (χ1n) is 9.65. The molecule has 29 heavy (non-hydrogen) atoms. The molecule has 3 aromatic rings. The van der Waals surface area contributed by atoms with Crippen molar-refractivity contribution < 1.29 is 9.59 Å². The van der Waals surface area contributed by atoms with Crippen molar-refractivity contribution in [2.75, 3.05) is 18.4 Å². The number of nitrogens with zero attached hydrogens (tertiary/aromatic N) is 3. The Kier molecular flexibility index (Phi) is 5.39. The van der Waals surface area contributed by atoms with E-state index in [1.807, 2.05) is 53.1 Å². The van der Waals surface area contributed by atoms with Crippen LogP contribution in [0.1, 0.15) is 17.0 Å². The zero-order chi connectivity index (χ0) is 20.2. The molecule has 4 rings (SSSR count). The van der Waals surface area contributed by atoms with Gasteiger partial charge < -0.3 is 20.5 Å². The molecule has 0 spiro atoms. The number of carbonyl (C=O) groups is 2. The summed E-state index contributed by atoms with van der Waals surface area (Å²) in [5.74, 6) is -1.19. The highest BCUT2D eigenvalue weighted by Crippen LogP contribution is 2.22. The average Bonchev–Trinajstić information content (AvgIpc) is 3.17. The second-order valence-corrected chi connectivity index (χ2v) is 7.01. The fourth-order valence-corrected chi connectivity index (χ4v) is 3.59. The molecule has 0 atom stereocenters. The summed E-state index contributed by atoms with van der Waals surface area (Å²) in [6.07, 6.45) is 3.14. The number of amides is 2. The van der Waals surface area contributed by atoms with E-state index in [0.717, 1.165) is 29.1 Å². The second kappa shape index (κ2) is 8.28. The monoisotopic (exact) mass is 389 g/mol. The maximum absolute atomic E-state index is 12.7. The highest BCUT2D eigenvalue weighted by molar-refractivity contribution is 6.39. The number of nitrogens with two attached hydrogens (primary N) is 1. The topological polar surface area (TPSA) is 93.2 Å². The Morgan fingerprint density at radius 2 is 1.93 bits per heavy atom. The molecule has 3 N–H and O–H groups in total. The smallest absolute Gasteiger partial charge is 0.313 e. The van der Waals surface area contributed by atoms with E-state index in [9.17, 15) is 9.59 Å². The molecule has 0 fully saturated rings. The van der Waals surface area contributed by atoms with Gasteiger partial charge in [0.05, 0.1) is 18.6 Å². The van der Waals surface area contributed by atoms with Crippen molar-refractivity contribution in [2.45, 2.75) is 19.4 Å². The van der Waals surface area contributed by atoms with E-state index in [1.54, 1.807) is 17.3 Å². The molecule has 1 aromatic heterocycles. The number of benzene rings is 2. The quantitative estimate of drug-likeness (QED) is 0.667. The molecular formula is C22H23N5O2. The maximum atomic E-state index is 12.7. The number of carbonyl (C=O) groups excluding carboxylic acids is 2. The third kappa shape index (κ3) is 4.05. The van der Waals surface area contributed by atoms with Gasteiger partial charge in [0.25, 0.3) is 0 Å². The van der Waals surface area contributed by atoms with Gasteiger partial charge in [-0.1, -0.05) is 30.3 Å². The predicted octanol–water partition coefficient (Wildman–Crippen LogP) is 1.90. The molecule has 0 unspecified atom stereocenters. The first kappa shape index (κ1) is 18.9. The van der Waals surface area contributed by atoms with Crippen LogP contribution in [-0.4, -0.2) is 39.4 Å². The minimum absolute atomic E-state index is 0.328. The summed E-state index contributed by atoms with van der Waals surface area (Å²) in [4.78, 5) is 31.1. The lowest BCUT2D eigenvalue weighted by atomic mass is 10.1. The molecule has 0 saturated heterocycles. The van der Waals surface area contributed by atoms with Crippen LogP contribution in [0.5, 0.6) is 0 Å². The number of hydrogen-bond acceptors (Lipinski definition) is 4. The third-order valence-corrected chi connectivity index (χ3v) is 5.05. The van der Waals surface area contributed by atoms with Gasteiger partial charge in [-0.25, -0.2) is 4.98 Å². The lowest BCUT2D eigenvalue weighted by Crippen LogP contribution is -2.42. The minimum atomic E-state index is -0.638. The van der Waals surface area contributed by atoms with Gasteiger partial charge in [-0.15, -0.1) is 0 Å². The molecule has 1 aliphatic rings. The maximum Gasteiger partial charge on any atom is 0.313 e. The van der Waals surface area contributed by atoms with Crippen molar-refractivity contribution in [1.29, 1.82) is 0 Å². The van der Waals surface area contributed by atoms with Gasteiger partial charge in [-0.05, 0) is 42.8 Å². The number of para-hydroxylation sites is 1. The molecular weight excluding hydrogens is 366 g/mol. The van der Waals surface area contributed by atoms with E-state index in [-0.39, 0.29) is 0 Å². The van der Waals surface area contributed by atoms with Gasteiger partial charge in [0.1, 0.15) is 0 Å². The van der Waals surface area contributed by atoms with E-state index in [4.69, 9.17) is 5.73 Å². The summed E-state index contributed by atoms with van der Waals surface area (Å²) in [5, 5.41) is 2.70. The Hall–Kier alpha value is -3.45. The normalized spacial score (nSPS) is 13.1. The van der Waals surface area contributed by atoms with Crippen molar-refractivity contribution in [3.05, 3.63) is 77.9 Å². The molecule has 2 aromatic carbocycles. The van der Waals surface area contributed by atoms with Gasteiger partial charge in [0.2, 0.25) is 0 Å². The largest absolute Gasteiger partial charge is 0.330 e. The number of fused-ring (bicyclic) bond motifs is 1. The third-order valence-electron chi connectivity index (χ3n) is 5.05. The van der Waals surface area contributed by atoms with Gasteiger partial charge >= 0.3 is 11.8 Å². The zero-order valence-electron chi connectivity index (χ0n) is 16.0. The van der Waals surface area contributed by atoms with Crippen LogP contribution in [-0.2, 0) is 29.0 Å². The van der Waals surface area contributed by atoms with Crippen LogP contribution in [0.15, 0.2) is 60.9 Å². The molecule has 2 amide bonds. The Balaban J connectivity index is 1.44. The number of rotatable bonds is 4. The van der Waals surface area contributed by atoms with E-state index < -0.39 is 11.8 Å². The van der Waals surface area contributed by atoms with Crippen molar-refractivity contribution in [3.63, 3.8) is 0 Å². The van der Waals surface area contributed by atoms with Crippen LogP contribution >= 0.6 is 0 Å². The van der Waals surface area contributed by atoms with Gasteiger partial charge in [-0.3, -0.25) is 9.59 Å². The van der Waals surface area contributed by atoms with E-state index in [0.29, 0.717) is 31.7 Å².